The first kappa shape index (κ1) is 22.1. The third-order valence-electron chi connectivity index (χ3n) is 5.99. The van der Waals surface area contributed by atoms with Crippen molar-refractivity contribution in [1.82, 2.24) is 24.3 Å². The van der Waals surface area contributed by atoms with E-state index in [1.165, 1.54) is 4.31 Å². The van der Waals surface area contributed by atoms with E-state index in [4.69, 9.17) is 0 Å². The molecule has 1 fully saturated rings. The van der Waals surface area contributed by atoms with Gasteiger partial charge in [-0.2, -0.15) is 9.40 Å². The predicted octanol–water partition coefficient (Wildman–Crippen LogP) is 3.24. The third kappa shape index (κ3) is 4.52. The van der Waals surface area contributed by atoms with Crippen LogP contribution in [0.2, 0.25) is 0 Å². The van der Waals surface area contributed by atoms with E-state index in [0.29, 0.717) is 19.6 Å². The zero-order valence-corrected chi connectivity index (χ0v) is 19.4. The number of hydrogen-bond acceptors (Lipinski definition) is 4. The van der Waals surface area contributed by atoms with Crippen LogP contribution < -0.4 is 5.32 Å². The van der Waals surface area contributed by atoms with E-state index in [-0.39, 0.29) is 24.0 Å². The lowest BCUT2D eigenvalue weighted by Gasteiger charge is -2.34. The molecule has 0 unspecified atom stereocenters. The monoisotopic (exact) mass is 475 g/mol. The first-order valence-electron chi connectivity index (χ1n) is 11.1. The molecular formula is C25H25N5O3S. The number of aromatic nitrogens is 2. The molecule has 0 radical (unpaired) electrons. The number of nitrogens with zero attached hydrogens (tertiary/aromatic N) is 4. The van der Waals surface area contributed by atoms with Crippen LogP contribution in [0.3, 0.4) is 0 Å². The van der Waals surface area contributed by atoms with E-state index in [2.05, 4.69) is 10.4 Å². The zero-order valence-electron chi connectivity index (χ0n) is 18.5. The van der Waals surface area contributed by atoms with Gasteiger partial charge in [0.15, 0.2) is 0 Å². The second-order valence-electron chi connectivity index (χ2n) is 8.19. The van der Waals surface area contributed by atoms with Gasteiger partial charge in [-0.15, -0.1) is 0 Å². The average molecular weight is 476 g/mol. The molecule has 0 saturated carbocycles. The molecule has 174 valence electrons. The van der Waals surface area contributed by atoms with Gasteiger partial charge in [0.05, 0.1) is 16.8 Å². The van der Waals surface area contributed by atoms with Gasteiger partial charge in [0.2, 0.25) is 10.0 Å². The molecule has 3 aromatic carbocycles. The lowest BCUT2D eigenvalue weighted by Crippen LogP contribution is -2.52. The topological polar surface area (TPSA) is 87.5 Å². The molecular weight excluding hydrogens is 450 g/mol. The standard InChI is InChI=1S/C25H25N5O3S/c31-25(26-17-20-18-27-30(19-20)23-8-2-1-3-9-23)28-12-14-29(15-13-28)34(32,33)24-11-10-21-6-4-5-7-22(21)16-24/h1-11,16,18-19H,12-15,17H2,(H,26,31). The highest BCUT2D eigenvalue weighted by atomic mass is 32.2. The predicted molar refractivity (Wildman–Crippen MR) is 130 cm³/mol. The fourth-order valence-electron chi connectivity index (χ4n) is 4.07. The molecule has 4 aromatic rings. The summed E-state index contributed by atoms with van der Waals surface area (Å²) in [5.74, 6) is 0. The summed E-state index contributed by atoms with van der Waals surface area (Å²) >= 11 is 0. The maximum Gasteiger partial charge on any atom is 0.317 e. The molecule has 0 atom stereocenters. The fraction of sp³-hybridized carbons (Fsp3) is 0.200. The number of carbonyl (C=O) groups is 1. The van der Waals surface area contributed by atoms with E-state index in [0.717, 1.165) is 22.0 Å². The van der Waals surface area contributed by atoms with Crippen molar-refractivity contribution in [2.24, 2.45) is 0 Å². The summed E-state index contributed by atoms with van der Waals surface area (Å²) < 4.78 is 29.5. The maximum absolute atomic E-state index is 13.1. The number of sulfonamides is 1. The number of piperazine rings is 1. The highest BCUT2D eigenvalue weighted by Crippen LogP contribution is 2.23. The SMILES string of the molecule is O=C(NCc1cnn(-c2ccccc2)c1)N1CCN(S(=O)(=O)c2ccc3ccccc3c2)CC1. The Hall–Kier alpha value is -3.69. The number of para-hydroxylation sites is 1. The number of amides is 2. The minimum absolute atomic E-state index is 0.213. The van der Waals surface area contributed by atoms with Crippen molar-refractivity contribution in [2.75, 3.05) is 26.2 Å². The summed E-state index contributed by atoms with van der Waals surface area (Å²) in [7, 11) is -3.62. The van der Waals surface area contributed by atoms with Gasteiger partial charge in [-0.05, 0) is 35.0 Å². The van der Waals surface area contributed by atoms with Crippen LogP contribution in [0.5, 0.6) is 0 Å². The summed E-state index contributed by atoms with van der Waals surface area (Å²) in [5.41, 5.74) is 1.83. The molecule has 1 saturated heterocycles. The average Bonchev–Trinajstić information content (AvgIpc) is 3.37. The molecule has 34 heavy (non-hydrogen) atoms. The Labute approximate surface area is 198 Å². The number of nitrogens with one attached hydrogen (secondary N) is 1. The van der Waals surface area contributed by atoms with Crippen LogP contribution >= 0.6 is 0 Å². The molecule has 0 bridgehead atoms. The second-order valence-corrected chi connectivity index (χ2v) is 10.1. The van der Waals surface area contributed by atoms with Crippen LogP contribution in [0.4, 0.5) is 4.79 Å². The smallest absolute Gasteiger partial charge is 0.317 e. The Morgan fingerprint density at radius 1 is 0.882 bits per heavy atom. The first-order valence-corrected chi connectivity index (χ1v) is 12.6. The van der Waals surface area contributed by atoms with Crippen LogP contribution in [0.25, 0.3) is 16.5 Å². The lowest BCUT2D eigenvalue weighted by molar-refractivity contribution is 0.172. The van der Waals surface area contributed by atoms with Crippen molar-refractivity contribution in [2.45, 2.75) is 11.4 Å². The van der Waals surface area contributed by atoms with Gasteiger partial charge in [0, 0.05) is 44.5 Å². The fourth-order valence-corrected chi connectivity index (χ4v) is 5.53. The van der Waals surface area contributed by atoms with E-state index in [1.807, 2.05) is 66.9 Å². The van der Waals surface area contributed by atoms with Gasteiger partial charge in [0.25, 0.3) is 0 Å². The second kappa shape index (κ2) is 9.28. The summed E-state index contributed by atoms with van der Waals surface area (Å²) in [6.07, 6.45) is 3.60. The molecule has 1 N–H and O–H groups in total. The molecule has 2 amide bonds. The molecule has 1 aliphatic heterocycles. The number of rotatable bonds is 5. The van der Waals surface area contributed by atoms with Gasteiger partial charge in [0.1, 0.15) is 0 Å². The number of carbonyl (C=O) groups excluding carboxylic acids is 1. The highest BCUT2D eigenvalue weighted by Gasteiger charge is 2.30. The highest BCUT2D eigenvalue weighted by molar-refractivity contribution is 7.89. The van der Waals surface area contributed by atoms with Gasteiger partial charge < -0.3 is 10.2 Å². The summed E-state index contributed by atoms with van der Waals surface area (Å²) in [5, 5.41) is 9.13. The third-order valence-corrected chi connectivity index (χ3v) is 7.88. The van der Waals surface area contributed by atoms with Crippen LogP contribution in [0.15, 0.2) is 90.1 Å². The number of urea groups is 1. The van der Waals surface area contributed by atoms with Crippen molar-refractivity contribution in [1.29, 1.82) is 0 Å². The molecule has 1 aromatic heterocycles. The molecule has 8 nitrogen and oxygen atoms in total. The minimum atomic E-state index is -3.62. The van der Waals surface area contributed by atoms with Crippen LogP contribution in [0.1, 0.15) is 5.56 Å². The summed E-state index contributed by atoms with van der Waals surface area (Å²) in [4.78, 5) is 14.6. The van der Waals surface area contributed by atoms with Crippen molar-refractivity contribution < 1.29 is 13.2 Å². The molecule has 9 heteroatoms. The summed E-state index contributed by atoms with van der Waals surface area (Å²) in [6.45, 7) is 1.54. The van der Waals surface area contributed by atoms with Crippen molar-refractivity contribution in [3.8, 4) is 5.69 Å². The molecule has 1 aliphatic rings. The Bertz CT molecular complexity index is 1410. The van der Waals surface area contributed by atoms with Crippen molar-refractivity contribution in [3.05, 3.63) is 90.8 Å². The van der Waals surface area contributed by atoms with Gasteiger partial charge >= 0.3 is 6.03 Å². The van der Waals surface area contributed by atoms with Crippen LogP contribution in [-0.2, 0) is 16.6 Å². The first-order chi connectivity index (χ1) is 16.5. The summed E-state index contributed by atoms with van der Waals surface area (Å²) in [6, 6.07) is 22.4. The number of hydrogen-bond donors (Lipinski definition) is 1. The molecule has 2 heterocycles. The normalized spacial score (nSPS) is 14.9. The zero-order chi connectivity index (χ0) is 23.5. The Kier molecular flexibility index (Phi) is 6.04. The van der Waals surface area contributed by atoms with E-state index in [1.54, 1.807) is 27.9 Å². The van der Waals surface area contributed by atoms with Gasteiger partial charge in [-0.1, -0.05) is 48.5 Å². The number of fused-ring (bicyclic) bond motifs is 1. The van der Waals surface area contributed by atoms with Crippen LogP contribution in [-0.4, -0.2) is 59.6 Å². The van der Waals surface area contributed by atoms with Crippen molar-refractivity contribution >= 4 is 26.8 Å². The number of benzene rings is 3. The molecule has 5 rings (SSSR count). The largest absolute Gasteiger partial charge is 0.334 e. The molecule has 0 aliphatic carbocycles. The van der Waals surface area contributed by atoms with Crippen LogP contribution in [0, 0.1) is 0 Å². The van der Waals surface area contributed by atoms with Crippen molar-refractivity contribution in [3.63, 3.8) is 0 Å². The van der Waals surface area contributed by atoms with E-state index in [9.17, 15) is 13.2 Å². The molecule has 0 spiro atoms. The van der Waals surface area contributed by atoms with Gasteiger partial charge in [-0.3, -0.25) is 0 Å². The quantitative estimate of drug-likeness (QED) is 0.480. The van der Waals surface area contributed by atoms with E-state index >= 15 is 0 Å². The Morgan fingerprint density at radius 3 is 2.35 bits per heavy atom. The Balaban J connectivity index is 1.17. The van der Waals surface area contributed by atoms with E-state index < -0.39 is 10.0 Å². The lowest BCUT2D eigenvalue weighted by atomic mass is 10.1. The minimum Gasteiger partial charge on any atom is -0.334 e. The van der Waals surface area contributed by atoms with Gasteiger partial charge in [-0.25, -0.2) is 17.9 Å². The Morgan fingerprint density at radius 2 is 1.59 bits per heavy atom. The maximum atomic E-state index is 13.1.